The zero-order chi connectivity index (χ0) is 13.4. The van der Waals surface area contributed by atoms with Crippen molar-refractivity contribution in [3.63, 3.8) is 0 Å². The van der Waals surface area contributed by atoms with Crippen molar-refractivity contribution in [1.29, 1.82) is 0 Å². The molecule has 2 atom stereocenters. The summed E-state index contributed by atoms with van der Waals surface area (Å²) in [5.41, 5.74) is 0.951. The molecule has 0 aromatic heterocycles. The summed E-state index contributed by atoms with van der Waals surface area (Å²) in [6.07, 6.45) is 2.47. The molecule has 2 aliphatic rings. The lowest BCUT2D eigenvalue weighted by Gasteiger charge is -2.24. The van der Waals surface area contributed by atoms with Crippen LogP contribution in [0.4, 0.5) is 11.4 Å². The van der Waals surface area contributed by atoms with E-state index in [1.54, 1.807) is 6.07 Å². The Kier molecular flexibility index (Phi) is 3.33. The van der Waals surface area contributed by atoms with Gasteiger partial charge in [0.25, 0.3) is 5.69 Å². The number of nitro benzene ring substituents is 1. The minimum Gasteiger partial charge on any atom is -0.368 e. The molecule has 0 radical (unpaired) electrons. The minimum absolute atomic E-state index is 0.0449. The largest absolute Gasteiger partial charge is 0.368 e. The van der Waals surface area contributed by atoms with E-state index in [2.05, 4.69) is 10.2 Å². The third-order valence-corrected chi connectivity index (χ3v) is 4.38. The van der Waals surface area contributed by atoms with Crippen LogP contribution in [-0.4, -0.2) is 30.6 Å². The molecule has 6 heteroatoms. The maximum atomic E-state index is 10.7. The van der Waals surface area contributed by atoms with Crippen LogP contribution in [0.15, 0.2) is 18.2 Å². The number of benzene rings is 1. The zero-order valence-electron chi connectivity index (χ0n) is 10.5. The maximum Gasteiger partial charge on any atom is 0.271 e. The first-order valence-electron chi connectivity index (χ1n) is 6.57. The molecule has 5 nitrogen and oxygen atoms in total. The Bertz CT molecular complexity index is 495. The molecule has 1 N–H and O–H groups in total. The van der Waals surface area contributed by atoms with Crippen LogP contribution in [0, 0.1) is 16.0 Å². The molecule has 19 heavy (non-hydrogen) atoms. The topological polar surface area (TPSA) is 58.4 Å². The molecule has 0 bridgehead atoms. The standard InChI is InChI=1S/C13H16ClN3O2/c14-11-6-10(17(18)19)3-4-13(11)16-7-9-2-1-5-15-12(9)8-16/h3-4,6,9,12,15H,1-2,5,7-8H2. The van der Waals surface area contributed by atoms with Crippen molar-refractivity contribution in [2.75, 3.05) is 24.5 Å². The third kappa shape index (κ3) is 2.40. The van der Waals surface area contributed by atoms with Crippen LogP contribution in [0.5, 0.6) is 0 Å². The summed E-state index contributed by atoms with van der Waals surface area (Å²) in [4.78, 5) is 12.5. The van der Waals surface area contributed by atoms with Gasteiger partial charge in [0.2, 0.25) is 0 Å². The summed E-state index contributed by atoms with van der Waals surface area (Å²) in [6, 6.07) is 5.25. The van der Waals surface area contributed by atoms with Gasteiger partial charge in [0.1, 0.15) is 0 Å². The average molecular weight is 282 g/mol. The second-order valence-electron chi connectivity index (χ2n) is 5.26. The van der Waals surface area contributed by atoms with Crippen molar-refractivity contribution < 1.29 is 4.92 Å². The van der Waals surface area contributed by atoms with Gasteiger partial charge in [0.15, 0.2) is 0 Å². The van der Waals surface area contributed by atoms with Crippen LogP contribution in [0.2, 0.25) is 5.02 Å². The van der Waals surface area contributed by atoms with E-state index in [1.165, 1.54) is 25.0 Å². The summed E-state index contributed by atoms with van der Waals surface area (Å²) >= 11 is 6.18. The Hall–Kier alpha value is -1.33. The molecule has 2 saturated heterocycles. The van der Waals surface area contributed by atoms with E-state index in [9.17, 15) is 10.1 Å². The number of fused-ring (bicyclic) bond motifs is 1. The van der Waals surface area contributed by atoms with Gasteiger partial charge in [0, 0.05) is 31.3 Å². The molecule has 2 aliphatic heterocycles. The number of hydrogen-bond donors (Lipinski definition) is 1. The summed E-state index contributed by atoms with van der Waals surface area (Å²) in [6.45, 7) is 3.00. The number of rotatable bonds is 2. The molecule has 0 amide bonds. The Balaban J connectivity index is 1.81. The van der Waals surface area contributed by atoms with Crippen LogP contribution in [0.1, 0.15) is 12.8 Å². The average Bonchev–Trinajstić information content (AvgIpc) is 2.81. The van der Waals surface area contributed by atoms with Crippen LogP contribution >= 0.6 is 11.6 Å². The quantitative estimate of drug-likeness (QED) is 0.668. The summed E-state index contributed by atoms with van der Waals surface area (Å²) in [5.74, 6) is 0.667. The first-order valence-corrected chi connectivity index (χ1v) is 6.95. The second kappa shape index (κ2) is 4.98. The number of hydrogen-bond acceptors (Lipinski definition) is 4. The molecule has 1 aromatic rings. The van der Waals surface area contributed by atoms with E-state index in [4.69, 9.17) is 11.6 Å². The van der Waals surface area contributed by atoms with Gasteiger partial charge in [-0.3, -0.25) is 10.1 Å². The van der Waals surface area contributed by atoms with Crippen molar-refractivity contribution in [3.05, 3.63) is 33.3 Å². The Morgan fingerprint density at radius 2 is 2.26 bits per heavy atom. The molecule has 2 heterocycles. The molecule has 1 aromatic carbocycles. The SMILES string of the molecule is O=[N+]([O-])c1ccc(N2CC3CCCNC3C2)c(Cl)c1. The van der Waals surface area contributed by atoms with E-state index in [1.807, 2.05) is 0 Å². The number of halogens is 1. The molecule has 2 unspecified atom stereocenters. The Labute approximate surface area is 116 Å². The van der Waals surface area contributed by atoms with Crippen LogP contribution < -0.4 is 10.2 Å². The first kappa shape index (κ1) is 12.7. The predicted molar refractivity (Wildman–Crippen MR) is 74.8 cm³/mol. The molecule has 102 valence electrons. The predicted octanol–water partition coefficient (Wildman–Crippen LogP) is 2.44. The molecule has 3 rings (SSSR count). The number of nitrogens with zero attached hydrogens (tertiary/aromatic N) is 2. The van der Waals surface area contributed by atoms with Gasteiger partial charge in [-0.25, -0.2) is 0 Å². The molecular weight excluding hydrogens is 266 g/mol. The smallest absolute Gasteiger partial charge is 0.271 e. The van der Waals surface area contributed by atoms with E-state index >= 15 is 0 Å². The summed E-state index contributed by atoms with van der Waals surface area (Å²) in [7, 11) is 0. The fraction of sp³-hybridized carbons (Fsp3) is 0.538. The number of nitrogens with one attached hydrogen (secondary N) is 1. The fourth-order valence-corrected chi connectivity index (χ4v) is 3.40. The maximum absolute atomic E-state index is 10.7. The van der Waals surface area contributed by atoms with Crippen molar-refractivity contribution in [3.8, 4) is 0 Å². The van der Waals surface area contributed by atoms with Gasteiger partial charge >= 0.3 is 0 Å². The highest BCUT2D eigenvalue weighted by Crippen LogP contribution is 2.35. The number of anilines is 1. The number of nitro groups is 1. The van der Waals surface area contributed by atoms with Crippen molar-refractivity contribution in [2.24, 2.45) is 5.92 Å². The van der Waals surface area contributed by atoms with Gasteiger partial charge in [-0.15, -0.1) is 0 Å². The lowest BCUT2D eigenvalue weighted by molar-refractivity contribution is -0.384. The van der Waals surface area contributed by atoms with Crippen LogP contribution in [0.25, 0.3) is 0 Å². The second-order valence-corrected chi connectivity index (χ2v) is 5.67. The van der Waals surface area contributed by atoms with E-state index in [0.29, 0.717) is 17.0 Å². The van der Waals surface area contributed by atoms with E-state index in [-0.39, 0.29) is 5.69 Å². The van der Waals surface area contributed by atoms with E-state index in [0.717, 1.165) is 25.3 Å². The van der Waals surface area contributed by atoms with Crippen LogP contribution in [-0.2, 0) is 0 Å². The van der Waals surface area contributed by atoms with Crippen molar-refractivity contribution in [2.45, 2.75) is 18.9 Å². The minimum atomic E-state index is -0.416. The van der Waals surface area contributed by atoms with Crippen molar-refractivity contribution >= 4 is 23.0 Å². The first-order chi connectivity index (χ1) is 9.15. The highest BCUT2D eigenvalue weighted by atomic mass is 35.5. The summed E-state index contributed by atoms with van der Waals surface area (Å²) < 4.78 is 0. The van der Waals surface area contributed by atoms with Gasteiger partial charge in [-0.1, -0.05) is 11.6 Å². The fourth-order valence-electron chi connectivity index (χ4n) is 3.11. The Morgan fingerprint density at radius 3 is 2.95 bits per heavy atom. The van der Waals surface area contributed by atoms with E-state index < -0.39 is 4.92 Å². The molecule has 2 fully saturated rings. The normalized spacial score (nSPS) is 26.3. The van der Waals surface area contributed by atoms with Gasteiger partial charge in [-0.2, -0.15) is 0 Å². The highest BCUT2D eigenvalue weighted by Gasteiger charge is 2.35. The van der Waals surface area contributed by atoms with Gasteiger partial charge in [0.05, 0.1) is 15.6 Å². The molecular formula is C13H16ClN3O2. The lowest BCUT2D eigenvalue weighted by atomic mass is 9.94. The Morgan fingerprint density at radius 1 is 1.42 bits per heavy atom. The summed E-state index contributed by atoms with van der Waals surface area (Å²) in [5, 5.41) is 14.7. The molecule has 0 saturated carbocycles. The van der Waals surface area contributed by atoms with Gasteiger partial charge in [-0.05, 0) is 31.4 Å². The monoisotopic (exact) mass is 281 g/mol. The zero-order valence-corrected chi connectivity index (χ0v) is 11.3. The highest BCUT2D eigenvalue weighted by molar-refractivity contribution is 6.33. The lowest BCUT2D eigenvalue weighted by Crippen LogP contribution is -2.40. The molecule has 0 spiro atoms. The van der Waals surface area contributed by atoms with Crippen LogP contribution in [0.3, 0.4) is 0 Å². The van der Waals surface area contributed by atoms with Crippen molar-refractivity contribution in [1.82, 2.24) is 5.32 Å². The number of piperidine rings is 1. The third-order valence-electron chi connectivity index (χ3n) is 4.08. The number of non-ortho nitro benzene ring substituents is 1. The molecule has 0 aliphatic carbocycles. The van der Waals surface area contributed by atoms with Gasteiger partial charge < -0.3 is 10.2 Å².